The summed E-state index contributed by atoms with van der Waals surface area (Å²) in [5.74, 6) is 1.41. The maximum atomic E-state index is 11.3. The molecule has 118 valence electrons. The van der Waals surface area contributed by atoms with Crippen molar-refractivity contribution in [3.05, 3.63) is 11.7 Å². The molecule has 1 aromatic heterocycles. The van der Waals surface area contributed by atoms with E-state index in [0.29, 0.717) is 17.8 Å². The lowest BCUT2D eigenvalue weighted by Gasteiger charge is -2.33. The molecular weight excluding hydrogens is 268 g/mol. The number of hydrogen-bond acceptors (Lipinski definition) is 5. The monoisotopic (exact) mass is 294 g/mol. The third-order valence-electron chi connectivity index (χ3n) is 4.02. The Bertz CT molecular complexity index is 496. The van der Waals surface area contributed by atoms with E-state index in [4.69, 9.17) is 4.52 Å². The van der Waals surface area contributed by atoms with Crippen LogP contribution >= 0.6 is 0 Å². The second-order valence-corrected chi connectivity index (χ2v) is 6.69. The standard InChI is InChI=1S/C15H26N4O2/c1-10(2)19-8-6-7-12(9-19)13-16-14(18-21-13)15(4,5)17-11(3)20/h10,12H,6-9H2,1-5H3,(H,17,20). The molecule has 1 fully saturated rings. The zero-order valence-corrected chi connectivity index (χ0v) is 13.6. The van der Waals surface area contributed by atoms with E-state index in [-0.39, 0.29) is 11.8 Å². The molecule has 1 unspecified atom stereocenters. The predicted octanol–water partition coefficient (Wildman–Crippen LogP) is 2.03. The lowest BCUT2D eigenvalue weighted by molar-refractivity contribution is -0.120. The number of nitrogens with one attached hydrogen (secondary N) is 1. The average Bonchev–Trinajstić information content (AvgIpc) is 2.87. The largest absolute Gasteiger partial charge is 0.344 e. The third-order valence-corrected chi connectivity index (χ3v) is 4.02. The molecule has 1 aliphatic heterocycles. The summed E-state index contributed by atoms with van der Waals surface area (Å²) in [7, 11) is 0. The summed E-state index contributed by atoms with van der Waals surface area (Å²) in [4.78, 5) is 18.2. The van der Waals surface area contributed by atoms with Gasteiger partial charge in [-0.1, -0.05) is 5.16 Å². The summed E-state index contributed by atoms with van der Waals surface area (Å²) in [6.45, 7) is 11.8. The number of rotatable bonds is 4. The second kappa shape index (κ2) is 6.13. The number of carbonyl (C=O) groups is 1. The highest BCUT2D eigenvalue weighted by molar-refractivity contribution is 5.73. The predicted molar refractivity (Wildman–Crippen MR) is 79.8 cm³/mol. The van der Waals surface area contributed by atoms with Crippen LogP contribution in [-0.4, -0.2) is 40.1 Å². The highest BCUT2D eigenvalue weighted by Crippen LogP contribution is 2.28. The van der Waals surface area contributed by atoms with Gasteiger partial charge in [0, 0.05) is 19.5 Å². The lowest BCUT2D eigenvalue weighted by Crippen LogP contribution is -2.41. The summed E-state index contributed by atoms with van der Waals surface area (Å²) < 4.78 is 5.46. The van der Waals surface area contributed by atoms with Gasteiger partial charge in [0.15, 0.2) is 5.82 Å². The quantitative estimate of drug-likeness (QED) is 0.920. The minimum atomic E-state index is -0.611. The van der Waals surface area contributed by atoms with E-state index in [1.54, 1.807) is 0 Å². The van der Waals surface area contributed by atoms with Crippen molar-refractivity contribution in [2.24, 2.45) is 0 Å². The molecule has 1 saturated heterocycles. The number of piperidine rings is 1. The first-order chi connectivity index (χ1) is 9.79. The topological polar surface area (TPSA) is 71.3 Å². The van der Waals surface area contributed by atoms with E-state index >= 15 is 0 Å². The minimum Gasteiger partial charge on any atom is -0.344 e. The molecule has 6 heteroatoms. The Balaban J connectivity index is 2.10. The number of hydrogen-bond donors (Lipinski definition) is 1. The fourth-order valence-electron chi connectivity index (χ4n) is 2.83. The number of amides is 1. The Labute approximate surface area is 126 Å². The first-order valence-corrected chi connectivity index (χ1v) is 7.66. The summed E-state index contributed by atoms with van der Waals surface area (Å²) in [5, 5.41) is 6.91. The van der Waals surface area contributed by atoms with Crippen LogP contribution in [0.25, 0.3) is 0 Å². The van der Waals surface area contributed by atoms with Crippen LogP contribution in [0.4, 0.5) is 0 Å². The van der Waals surface area contributed by atoms with Crippen molar-refractivity contribution >= 4 is 5.91 Å². The number of carbonyl (C=O) groups excluding carboxylic acids is 1. The van der Waals surface area contributed by atoms with Crippen LogP contribution in [-0.2, 0) is 10.3 Å². The molecule has 2 rings (SSSR count). The van der Waals surface area contributed by atoms with Crippen LogP contribution in [0.15, 0.2) is 4.52 Å². The van der Waals surface area contributed by atoms with Crippen LogP contribution in [0.5, 0.6) is 0 Å². The first-order valence-electron chi connectivity index (χ1n) is 7.66. The fraction of sp³-hybridized carbons (Fsp3) is 0.800. The first kappa shape index (κ1) is 15.9. The van der Waals surface area contributed by atoms with Crippen molar-refractivity contribution in [3.8, 4) is 0 Å². The van der Waals surface area contributed by atoms with Crippen LogP contribution in [0, 0.1) is 0 Å². The molecule has 0 radical (unpaired) electrons. The van der Waals surface area contributed by atoms with Gasteiger partial charge in [-0.3, -0.25) is 4.79 Å². The van der Waals surface area contributed by atoms with Gasteiger partial charge >= 0.3 is 0 Å². The highest BCUT2D eigenvalue weighted by Gasteiger charge is 2.31. The van der Waals surface area contributed by atoms with Crippen LogP contribution < -0.4 is 5.32 Å². The molecule has 21 heavy (non-hydrogen) atoms. The van der Waals surface area contributed by atoms with Gasteiger partial charge in [-0.15, -0.1) is 0 Å². The van der Waals surface area contributed by atoms with Crippen molar-refractivity contribution in [2.45, 2.75) is 65.0 Å². The molecule has 0 spiro atoms. The van der Waals surface area contributed by atoms with Crippen LogP contribution in [0.2, 0.25) is 0 Å². The number of likely N-dealkylation sites (tertiary alicyclic amines) is 1. The summed E-state index contributed by atoms with van der Waals surface area (Å²) in [6, 6.07) is 0.533. The lowest BCUT2D eigenvalue weighted by atomic mass is 9.97. The summed E-state index contributed by atoms with van der Waals surface area (Å²) >= 11 is 0. The molecule has 1 amide bonds. The molecule has 1 N–H and O–H groups in total. The van der Waals surface area contributed by atoms with Gasteiger partial charge in [0.2, 0.25) is 11.8 Å². The van der Waals surface area contributed by atoms with Crippen LogP contribution in [0.1, 0.15) is 65.1 Å². The Kier molecular flexibility index (Phi) is 4.66. The van der Waals surface area contributed by atoms with Crippen molar-refractivity contribution < 1.29 is 9.32 Å². The van der Waals surface area contributed by atoms with E-state index in [2.05, 4.69) is 34.2 Å². The van der Waals surface area contributed by atoms with E-state index in [1.807, 2.05) is 13.8 Å². The van der Waals surface area contributed by atoms with Crippen molar-refractivity contribution in [2.75, 3.05) is 13.1 Å². The van der Waals surface area contributed by atoms with E-state index in [9.17, 15) is 4.79 Å². The van der Waals surface area contributed by atoms with Crippen molar-refractivity contribution in [3.63, 3.8) is 0 Å². The Hall–Kier alpha value is -1.43. The summed E-state index contributed by atoms with van der Waals surface area (Å²) in [6.07, 6.45) is 2.22. The number of aromatic nitrogens is 2. The van der Waals surface area contributed by atoms with Crippen molar-refractivity contribution in [1.82, 2.24) is 20.4 Å². The minimum absolute atomic E-state index is 0.102. The molecule has 0 aliphatic carbocycles. The maximum absolute atomic E-state index is 11.3. The zero-order chi connectivity index (χ0) is 15.6. The van der Waals surface area contributed by atoms with Gasteiger partial charge in [-0.2, -0.15) is 4.98 Å². The van der Waals surface area contributed by atoms with Gasteiger partial charge in [0.25, 0.3) is 0 Å². The molecule has 0 aromatic carbocycles. The Morgan fingerprint density at radius 1 is 1.48 bits per heavy atom. The summed E-state index contributed by atoms with van der Waals surface area (Å²) in [5.41, 5.74) is -0.611. The fourth-order valence-corrected chi connectivity index (χ4v) is 2.83. The van der Waals surface area contributed by atoms with Crippen molar-refractivity contribution in [1.29, 1.82) is 0 Å². The molecule has 1 aromatic rings. The molecule has 6 nitrogen and oxygen atoms in total. The Morgan fingerprint density at radius 3 is 2.81 bits per heavy atom. The SMILES string of the molecule is CC(=O)NC(C)(C)c1noc(C2CCCN(C(C)C)C2)n1. The smallest absolute Gasteiger partial charge is 0.231 e. The second-order valence-electron chi connectivity index (χ2n) is 6.69. The molecule has 0 saturated carbocycles. The van der Waals surface area contributed by atoms with Gasteiger partial charge in [-0.25, -0.2) is 0 Å². The average molecular weight is 294 g/mol. The maximum Gasteiger partial charge on any atom is 0.231 e. The third kappa shape index (κ3) is 3.81. The van der Waals surface area contributed by atoms with Gasteiger partial charge in [0.1, 0.15) is 0 Å². The molecule has 2 heterocycles. The molecule has 0 bridgehead atoms. The van der Waals surface area contributed by atoms with E-state index < -0.39 is 5.54 Å². The highest BCUT2D eigenvalue weighted by atomic mass is 16.5. The van der Waals surface area contributed by atoms with Gasteiger partial charge in [0.05, 0.1) is 11.5 Å². The van der Waals surface area contributed by atoms with Gasteiger partial charge in [-0.05, 0) is 47.1 Å². The normalized spacial score (nSPS) is 20.8. The van der Waals surface area contributed by atoms with Crippen LogP contribution in [0.3, 0.4) is 0 Å². The molecule has 1 atom stereocenters. The van der Waals surface area contributed by atoms with E-state index in [0.717, 1.165) is 25.9 Å². The number of nitrogens with zero attached hydrogens (tertiary/aromatic N) is 3. The van der Waals surface area contributed by atoms with E-state index in [1.165, 1.54) is 6.92 Å². The zero-order valence-electron chi connectivity index (χ0n) is 13.6. The Morgan fingerprint density at radius 2 is 2.19 bits per heavy atom. The molecule has 1 aliphatic rings. The molecular formula is C15H26N4O2. The van der Waals surface area contributed by atoms with Gasteiger partial charge < -0.3 is 14.7 Å².